The highest BCUT2D eigenvalue weighted by Crippen LogP contribution is 2.25. The lowest BCUT2D eigenvalue weighted by Crippen LogP contribution is -2.30. The summed E-state index contributed by atoms with van der Waals surface area (Å²) in [5, 5.41) is 2.80. The van der Waals surface area contributed by atoms with Crippen molar-refractivity contribution in [2.75, 3.05) is 13.1 Å². The highest BCUT2D eigenvalue weighted by Gasteiger charge is 2.13. The van der Waals surface area contributed by atoms with Crippen LogP contribution in [0.3, 0.4) is 0 Å². The SMILES string of the molecule is CCN(CC)C(=O)CCc1csc2nc(-c3ccc(Cl)cc3)cn12. The minimum Gasteiger partial charge on any atom is -0.343 e. The maximum absolute atomic E-state index is 12.2. The van der Waals surface area contributed by atoms with E-state index in [0.29, 0.717) is 6.42 Å². The number of hydrogen-bond donors (Lipinski definition) is 0. The van der Waals surface area contributed by atoms with Gasteiger partial charge in [0.15, 0.2) is 4.96 Å². The Morgan fingerprint density at radius 2 is 1.96 bits per heavy atom. The second-order valence-corrected chi connectivity index (χ2v) is 6.85. The van der Waals surface area contributed by atoms with Gasteiger partial charge in [-0.05, 0) is 32.4 Å². The molecule has 0 bridgehead atoms. The monoisotopic (exact) mass is 361 g/mol. The number of thiazole rings is 1. The van der Waals surface area contributed by atoms with Crippen LogP contribution in [-0.4, -0.2) is 33.3 Å². The van der Waals surface area contributed by atoms with E-state index < -0.39 is 0 Å². The zero-order chi connectivity index (χ0) is 17.1. The zero-order valence-corrected chi connectivity index (χ0v) is 15.4. The molecule has 3 aromatic rings. The third-order valence-corrected chi connectivity index (χ3v) is 5.28. The fourth-order valence-electron chi connectivity index (χ4n) is 2.74. The smallest absolute Gasteiger partial charge is 0.222 e. The first-order valence-corrected chi connectivity index (χ1v) is 9.37. The number of aromatic nitrogens is 2. The largest absolute Gasteiger partial charge is 0.343 e. The minimum absolute atomic E-state index is 0.206. The predicted octanol–water partition coefficient (Wildman–Crippen LogP) is 4.52. The Bertz CT molecular complexity index is 834. The molecule has 0 aliphatic carbocycles. The second-order valence-electron chi connectivity index (χ2n) is 5.58. The molecule has 0 unspecified atom stereocenters. The molecule has 0 fully saturated rings. The van der Waals surface area contributed by atoms with Gasteiger partial charge >= 0.3 is 0 Å². The lowest BCUT2D eigenvalue weighted by Gasteiger charge is -2.18. The molecule has 0 N–H and O–H groups in total. The molecule has 0 saturated heterocycles. The van der Waals surface area contributed by atoms with Gasteiger partial charge in [0.25, 0.3) is 0 Å². The molecule has 0 atom stereocenters. The molecule has 126 valence electrons. The third kappa shape index (κ3) is 3.47. The summed E-state index contributed by atoms with van der Waals surface area (Å²) >= 11 is 7.55. The van der Waals surface area contributed by atoms with Crippen molar-refractivity contribution in [3.05, 3.63) is 46.6 Å². The van der Waals surface area contributed by atoms with E-state index in [1.165, 1.54) is 0 Å². The van der Waals surface area contributed by atoms with Crippen LogP contribution in [0.25, 0.3) is 16.2 Å². The van der Waals surface area contributed by atoms with Gasteiger partial charge in [0.05, 0.1) is 5.69 Å². The number of benzene rings is 1. The molecule has 4 nitrogen and oxygen atoms in total. The number of carbonyl (C=O) groups excluding carboxylic acids is 1. The van der Waals surface area contributed by atoms with Gasteiger partial charge in [0, 0.05) is 47.4 Å². The number of aryl methyl sites for hydroxylation is 1. The molecule has 2 aromatic heterocycles. The first kappa shape index (κ1) is 17.0. The van der Waals surface area contributed by atoms with Crippen molar-refractivity contribution < 1.29 is 4.79 Å². The Hall–Kier alpha value is -1.85. The van der Waals surface area contributed by atoms with Crippen LogP contribution in [0.2, 0.25) is 5.02 Å². The fraction of sp³-hybridized carbons (Fsp3) is 0.333. The van der Waals surface area contributed by atoms with E-state index in [0.717, 1.165) is 46.4 Å². The standard InChI is InChI=1S/C18H20ClN3OS/c1-3-21(4-2)17(23)10-9-15-12-24-18-20-16(11-22(15)18)13-5-7-14(19)8-6-13/h5-8,11-12H,3-4,9-10H2,1-2H3. The number of amides is 1. The van der Waals surface area contributed by atoms with E-state index in [2.05, 4.69) is 14.8 Å². The van der Waals surface area contributed by atoms with Gasteiger partial charge in [-0.3, -0.25) is 9.20 Å². The normalized spacial score (nSPS) is 11.1. The van der Waals surface area contributed by atoms with Crippen molar-refractivity contribution in [3.63, 3.8) is 0 Å². The summed E-state index contributed by atoms with van der Waals surface area (Å²) in [4.78, 5) is 19.7. The third-order valence-electron chi connectivity index (χ3n) is 4.13. The van der Waals surface area contributed by atoms with E-state index in [-0.39, 0.29) is 5.91 Å². The quantitative estimate of drug-likeness (QED) is 0.647. The predicted molar refractivity (Wildman–Crippen MR) is 99.8 cm³/mol. The summed E-state index contributed by atoms with van der Waals surface area (Å²) < 4.78 is 2.09. The van der Waals surface area contributed by atoms with Crippen LogP contribution in [0.1, 0.15) is 26.0 Å². The Balaban J connectivity index is 1.78. The summed E-state index contributed by atoms with van der Waals surface area (Å²) in [6, 6.07) is 7.68. The number of nitrogens with zero attached hydrogens (tertiary/aromatic N) is 3. The summed E-state index contributed by atoms with van der Waals surface area (Å²) in [6.07, 6.45) is 3.29. The number of halogens is 1. The molecule has 1 amide bonds. The highest BCUT2D eigenvalue weighted by atomic mass is 35.5. The summed E-state index contributed by atoms with van der Waals surface area (Å²) in [5.41, 5.74) is 3.10. The zero-order valence-electron chi connectivity index (χ0n) is 13.8. The van der Waals surface area contributed by atoms with Crippen LogP contribution in [0.15, 0.2) is 35.8 Å². The van der Waals surface area contributed by atoms with Crippen molar-refractivity contribution in [1.29, 1.82) is 0 Å². The number of imidazole rings is 1. The van der Waals surface area contributed by atoms with E-state index in [4.69, 9.17) is 11.6 Å². The van der Waals surface area contributed by atoms with Crippen molar-refractivity contribution in [3.8, 4) is 11.3 Å². The number of rotatable bonds is 6. The summed E-state index contributed by atoms with van der Waals surface area (Å²) in [6.45, 7) is 5.55. The van der Waals surface area contributed by atoms with Gasteiger partial charge in [-0.2, -0.15) is 0 Å². The molecule has 0 aliphatic rings. The maximum atomic E-state index is 12.2. The van der Waals surface area contributed by atoms with E-state index in [1.54, 1.807) is 11.3 Å². The lowest BCUT2D eigenvalue weighted by molar-refractivity contribution is -0.130. The lowest BCUT2D eigenvalue weighted by atomic mass is 10.2. The topological polar surface area (TPSA) is 37.6 Å². The number of carbonyl (C=O) groups is 1. The first-order valence-electron chi connectivity index (χ1n) is 8.11. The van der Waals surface area contributed by atoms with Gasteiger partial charge in [0.1, 0.15) is 0 Å². The van der Waals surface area contributed by atoms with E-state index >= 15 is 0 Å². The van der Waals surface area contributed by atoms with Gasteiger partial charge in [-0.1, -0.05) is 23.7 Å². The Morgan fingerprint density at radius 1 is 1.25 bits per heavy atom. The van der Waals surface area contributed by atoms with Crippen LogP contribution in [0.4, 0.5) is 0 Å². The Kier molecular flexibility index (Phi) is 5.21. The Morgan fingerprint density at radius 3 is 2.62 bits per heavy atom. The van der Waals surface area contributed by atoms with Crippen LogP contribution < -0.4 is 0 Å². The van der Waals surface area contributed by atoms with E-state index in [9.17, 15) is 4.79 Å². The Labute approximate surface area is 150 Å². The second kappa shape index (κ2) is 7.36. The molecule has 0 radical (unpaired) electrons. The molecular weight excluding hydrogens is 342 g/mol. The van der Waals surface area contributed by atoms with Gasteiger partial charge < -0.3 is 4.90 Å². The first-order chi connectivity index (χ1) is 11.6. The fourth-order valence-corrected chi connectivity index (χ4v) is 3.77. The average molecular weight is 362 g/mol. The molecule has 24 heavy (non-hydrogen) atoms. The average Bonchev–Trinajstić information content (AvgIpc) is 3.15. The van der Waals surface area contributed by atoms with Crippen molar-refractivity contribution >= 4 is 33.8 Å². The van der Waals surface area contributed by atoms with Crippen molar-refractivity contribution in [1.82, 2.24) is 14.3 Å². The molecule has 3 rings (SSSR count). The van der Waals surface area contributed by atoms with Crippen LogP contribution >= 0.6 is 22.9 Å². The van der Waals surface area contributed by atoms with Crippen molar-refractivity contribution in [2.45, 2.75) is 26.7 Å². The molecule has 1 aromatic carbocycles. The van der Waals surface area contributed by atoms with Gasteiger partial charge in [-0.25, -0.2) is 4.98 Å². The molecule has 0 spiro atoms. The van der Waals surface area contributed by atoms with Crippen molar-refractivity contribution in [2.24, 2.45) is 0 Å². The molecule has 6 heteroatoms. The van der Waals surface area contributed by atoms with E-state index in [1.807, 2.05) is 49.2 Å². The number of hydrogen-bond acceptors (Lipinski definition) is 3. The van der Waals surface area contributed by atoms with Crippen LogP contribution in [-0.2, 0) is 11.2 Å². The molecule has 0 saturated carbocycles. The summed E-state index contributed by atoms with van der Waals surface area (Å²) in [7, 11) is 0. The highest BCUT2D eigenvalue weighted by molar-refractivity contribution is 7.15. The van der Waals surface area contributed by atoms with Gasteiger partial charge in [0.2, 0.25) is 5.91 Å². The molecular formula is C18H20ClN3OS. The molecule has 2 heterocycles. The minimum atomic E-state index is 0.206. The summed E-state index contributed by atoms with van der Waals surface area (Å²) in [5.74, 6) is 0.206. The van der Waals surface area contributed by atoms with Crippen LogP contribution in [0, 0.1) is 0 Å². The van der Waals surface area contributed by atoms with Crippen LogP contribution in [0.5, 0.6) is 0 Å². The van der Waals surface area contributed by atoms with Gasteiger partial charge in [-0.15, -0.1) is 11.3 Å². The number of fused-ring (bicyclic) bond motifs is 1. The maximum Gasteiger partial charge on any atom is 0.222 e. The molecule has 0 aliphatic heterocycles.